The number of methoxy groups -OCH3 is 1. The summed E-state index contributed by atoms with van der Waals surface area (Å²) in [4.78, 5) is 11.2. The van der Waals surface area contributed by atoms with Gasteiger partial charge in [0.25, 0.3) is 0 Å². The lowest BCUT2D eigenvalue weighted by atomic mass is 9.79. The van der Waals surface area contributed by atoms with Gasteiger partial charge in [-0.25, -0.2) is 9.78 Å². The number of halogens is 1. The smallest absolute Gasteiger partial charge is 0.201 e. The molecule has 0 aromatic rings. The molecule has 2 aliphatic rings. The number of hydrogen-bond donors (Lipinski definition) is 0. The summed E-state index contributed by atoms with van der Waals surface area (Å²) in [7, 11) is 1.72. The predicted octanol–water partition coefficient (Wildman–Crippen LogP) is 3.06. The lowest BCUT2D eigenvalue weighted by Crippen LogP contribution is -2.38. The van der Waals surface area contributed by atoms with Crippen LogP contribution in [0.15, 0.2) is 0 Å². The van der Waals surface area contributed by atoms with Gasteiger partial charge in [0.2, 0.25) is 5.79 Å². The molecule has 0 spiro atoms. The van der Waals surface area contributed by atoms with Gasteiger partial charge in [-0.05, 0) is 32.1 Å². The van der Waals surface area contributed by atoms with E-state index in [1.165, 1.54) is 12.8 Å². The molecule has 3 nitrogen and oxygen atoms in total. The second kappa shape index (κ2) is 4.47. The Bertz CT molecular complexity index is 234. The van der Waals surface area contributed by atoms with E-state index in [0.717, 1.165) is 23.7 Å². The zero-order chi connectivity index (χ0) is 10.9. The maximum absolute atomic E-state index is 5.62. The Morgan fingerprint density at radius 2 is 2.20 bits per heavy atom. The van der Waals surface area contributed by atoms with Crippen molar-refractivity contribution in [2.45, 2.75) is 50.4 Å². The molecule has 1 saturated heterocycles. The molecule has 2 fully saturated rings. The largest absolute Gasteiger partial charge is 0.351 e. The molecule has 2 rings (SSSR count). The van der Waals surface area contributed by atoms with E-state index in [1.807, 2.05) is 0 Å². The fourth-order valence-corrected chi connectivity index (χ4v) is 3.11. The van der Waals surface area contributed by atoms with Crippen LogP contribution in [0.25, 0.3) is 0 Å². The molecule has 1 unspecified atom stereocenters. The molecule has 1 aliphatic heterocycles. The van der Waals surface area contributed by atoms with Gasteiger partial charge in [0, 0.05) is 24.4 Å². The van der Waals surface area contributed by atoms with Crippen LogP contribution < -0.4 is 0 Å². The Morgan fingerprint density at radius 3 is 2.87 bits per heavy atom. The lowest BCUT2D eigenvalue weighted by molar-refractivity contribution is -0.453. The van der Waals surface area contributed by atoms with E-state index in [-0.39, 0.29) is 5.60 Å². The van der Waals surface area contributed by atoms with Crippen LogP contribution in [0.4, 0.5) is 0 Å². The van der Waals surface area contributed by atoms with Crippen molar-refractivity contribution in [2.75, 3.05) is 11.5 Å². The molecule has 3 atom stereocenters. The molecule has 0 aromatic heterocycles. The molecule has 15 heavy (non-hydrogen) atoms. The summed E-state index contributed by atoms with van der Waals surface area (Å²) in [6.07, 6.45) is 5.48. The number of hydrogen-bond acceptors (Lipinski definition) is 3. The molecular weight excluding hydrogens is 307 g/mol. The van der Waals surface area contributed by atoms with E-state index < -0.39 is 5.79 Å². The summed E-state index contributed by atoms with van der Waals surface area (Å²) in [5.74, 6) is 0.216. The summed E-state index contributed by atoms with van der Waals surface area (Å²) in [5.41, 5.74) is -0.143. The maximum Gasteiger partial charge on any atom is 0.201 e. The van der Waals surface area contributed by atoms with Crippen molar-refractivity contribution in [3.05, 3.63) is 0 Å². The first-order valence-electron chi connectivity index (χ1n) is 5.59. The molecule has 1 heterocycles. The highest BCUT2D eigenvalue weighted by Crippen LogP contribution is 2.44. The Hall–Kier alpha value is 0.610. The molecule has 2 bridgehead atoms. The minimum absolute atomic E-state index is 0.143. The molecule has 4 heteroatoms. The van der Waals surface area contributed by atoms with E-state index >= 15 is 0 Å². The van der Waals surface area contributed by atoms with Gasteiger partial charge in [0.15, 0.2) is 0 Å². The van der Waals surface area contributed by atoms with E-state index in [1.54, 1.807) is 7.11 Å². The first-order chi connectivity index (χ1) is 7.11. The van der Waals surface area contributed by atoms with Crippen molar-refractivity contribution in [2.24, 2.45) is 5.92 Å². The Kier molecular flexibility index (Phi) is 3.60. The topological polar surface area (TPSA) is 27.7 Å². The van der Waals surface area contributed by atoms with Crippen molar-refractivity contribution >= 4 is 22.6 Å². The Labute approximate surface area is 105 Å². The minimum atomic E-state index is -0.466. The van der Waals surface area contributed by atoms with Gasteiger partial charge in [0.05, 0.1) is 0 Å². The minimum Gasteiger partial charge on any atom is -0.351 e. The molecule has 1 aliphatic carbocycles. The number of alkyl halides is 1. The SMILES string of the molecule is CO[C@@]12CCC[C@@H](CC(C)(CI)OO1)C2. The van der Waals surface area contributed by atoms with Crippen molar-refractivity contribution in [1.82, 2.24) is 0 Å². The number of ether oxygens (including phenoxy) is 1. The average molecular weight is 326 g/mol. The van der Waals surface area contributed by atoms with Gasteiger partial charge in [-0.3, -0.25) is 0 Å². The third kappa shape index (κ3) is 2.48. The molecule has 0 amide bonds. The standard InChI is InChI=1S/C11H19IO3/c1-10(8-12)6-9-4-3-5-11(7-9,13-2)15-14-10/h9H,3-8H2,1-2H3/t9-,10?,11-/m0/s1. The fourth-order valence-electron chi connectivity index (χ4n) is 2.67. The molecule has 0 radical (unpaired) electrons. The predicted molar refractivity (Wildman–Crippen MR) is 65.8 cm³/mol. The highest BCUT2D eigenvalue weighted by Gasteiger charge is 2.46. The van der Waals surface area contributed by atoms with Crippen LogP contribution in [-0.4, -0.2) is 22.9 Å². The Balaban J connectivity index is 2.15. The third-order valence-corrected chi connectivity index (χ3v) is 5.15. The third-order valence-electron chi connectivity index (χ3n) is 3.54. The van der Waals surface area contributed by atoms with Gasteiger partial charge in [-0.2, -0.15) is 0 Å². The first-order valence-corrected chi connectivity index (χ1v) is 7.12. The summed E-state index contributed by atoms with van der Waals surface area (Å²) in [6, 6.07) is 0. The van der Waals surface area contributed by atoms with Gasteiger partial charge in [-0.1, -0.05) is 22.6 Å². The average Bonchev–Trinajstić information content (AvgIpc) is 2.36. The zero-order valence-electron chi connectivity index (χ0n) is 9.42. The van der Waals surface area contributed by atoms with Crippen LogP contribution in [0.3, 0.4) is 0 Å². The quantitative estimate of drug-likeness (QED) is 0.443. The summed E-state index contributed by atoms with van der Waals surface area (Å²) in [6.45, 7) is 2.13. The van der Waals surface area contributed by atoms with Crippen molar-refractivity contribution in [3.63, 3.8) is 0 Å². The van der Waals surface area contributed by atoms with Crippen molar-refractivity contribution < 1.29 is 14.5 Å². The van der Waals surface area contributed by atoms with Crippen molar-refractivity contribution in [3.8, 4) is 0 Å². The highest BCUT2D eigenvalue weighted by molar-refractivity contribution is 14.1. The van der Waals surface area contributed by atoms with Gasteiger partial charge < -0.3 is 4.74 Å². The van der Waals surface area contributed by atoms with E-state index in [2.05, 4.69) is 29.5 Å². The van der Waals surface area contributed by atoms with Crippen molar-refractivity contribution in [1.29, 1.82) is 0 Å². The fraction of sp³-hybridized carbons (Fsp3) is 1.00. The monoisotopic (exact) mass is 326 g/mol. The second-order valence-corrected chi connectivity index (χ2v) is 5.79. The second-order valence-electron chi connectivity index (χ2n) is 5.03. The van der Waals surface area contributed by atoms with Crippen LogP contribution in [-0.2, 0) is 14.5 Å². The maximum atomic E-state index is 5.62. The summed E-state index contributed by atoms with van der Waals surface area (Å²) < 4.78 is 6.48. The van der Waals surface area contributed by atoms with E-state index in [4.69, 9.17) is 14.5 Å². The van der Waals surface area contributed by atoms with Crippen LogP contribution in [0.5, 0.6) is 0 Å². The van der Waals surface area contributed by atoms with Crippen LogP contribution in [0.1, 0.15) is 39.0 Å². The lowest BCUT2D eigenvalue weighted by Gasteiger charge is -2.35. The number of rotatable bonds is 2. The van der Waals surface area contributed by atoms with Gasteiger partial charge in [0.1, 0.15) is 5.60 Å². The van der Waals surface area contributed by atoms with Gasteiger partial charge >= 0.3 is 0 Å². The summed E-state index contributed by atoms with van der Waals surface area (Å²) >= 11 is 2.37. The first kappa shape index (κ1) is 12.1. The van der Waals surface area contributed by atoms with Crippen LogP contribution in [0, 0.1) is 5.92 Å². The van der Waals surface area contributed by atoms with Crippen LogP contribution in [0.2, 0.25) is 0 Å². The normalized spacial score (nSPS) is 46.2. The molecular formula is C11H19IO3. The Morgan fingerprint density at radius 1 is 1.40 bits per heavy atom. The summed E-state index contributed by atoms with van der Waals surface area (Å²) in [5, 5.41) is 0. The van der Waals surface area contributed by atoms with Gasteiger partial charge in [-0.15, -0.1) is 0 Å². The van der Waals surface area contributed by atoms with E-state index in [9.17, 15) is 0 Å². The molecule has 88 valence electrons. The zero-order valence-corrected chi connectivity index (χ0v) is 11.6. The van der Waals surface area contributed by atoms with E-state index in [0.29, 0.717) is 5.92 Å². The van der Waals surface area contributed by atoms with Crippen LogP contribution >= 0.6 is 22.6 Å². The highest BCUT2D eigenvalue weighted by atomic mass is 127. The molecule has 0 N–H and O–H groups in total. The molecule has 0 aromatic carbocycles. The number of fused-ring (bicyclic) bond motifs is 2. The molecule has 1 saturated carbocycles.